The summed E-state index contributed by atoms with van der Waals surface area (Å²) in [5, 5.41) is 4.17. The number of rotatable bonds is 6. The van der Waals surface area contributed by atoms with Crippen LogP contribution in [0.3, 0.4) is 0 Å². The monoisotopic (exact) mass is 303 g/mol. The smallest absolute Gasteiger partial charge is 0.226 e. The first-order valence-corrected chi connectivity index (χ1v) is 8.09. The Kier molecular flexibility index (Phi) is 5.49. The Bertz CT molecular complexity index is 247. The SMILES string of the molecule is CCC(CC)(CBr)NC(=O)C1(CC)CCCC1. The van der Waals surface area contributed by atoms with Gasteiger partial charge in [0.15, 0.2) is 0 Å². The highest BCUT2D eigenvalue weighted by Crippen LogP contribution is 2.41. The van der Waals surface area contributed by atoms with Gasteiger partial charge in [-0.15, -0.1) is 0 Å². The molecule has 1 aliphatic rings. The Balaban J connectivity index is 2.75. The molecule has 1 saturated carbocycles. The molecule has 0 atom stereocenters. The second-order valence-electron chi connectivity index (χ2n) is 5.42. The summed E-state index contributed by atoms with van der Waals surface area (Å²) in [6.07, 6.45) is 7.51. The van der Waals surface area contributed by atoms with Crippen LogP contribution < -0.4 is 5.32 Å². The summed E-state index contributed by atoms with van der Waals surface area (Å²) < 4.78 is 0. The third-order valence-corrected chi connectivity index (χ3v) is 5.78. The molecule has 0 bridgehead atoms. The molecule has 0 spiro atoms. The number of nitrogens with one attached hydrogen (secondary N) is 1. The Morgan fingerprint density at radius 2 is 1.76 bits per heavy atom. The van der Waals surface area contributed by atoms with Crippen LogP contribution in [-0.4, -0.2) is 16.8 Å². The molecule has 1 N–H and O–H groups in total. The van der Waals surface area contributed by atoms with Crippen LogP contribution in [0.15, 0.2) is 0 Å². The average Bonchev–Trinajstić information content (AvgIpc) is 2.86. The van der Waals surface area contributed by atoms with Crippen molar-refractivity contribution in [2.75, 3.05) is 5.33 Å². The molecule has 1 aliphatic carbocycles. The lowest BCUT2D eigenvalue weighted by atomic mass is 9.81. The molecule has 0 saturated heterocycles. The molecule has 100 valence electrons. The minimum absolute atomic E-state index is 0.0537. The van der Waals surface area contributed by atoms with Gasteiger partial charge >= 0.3 is 0 Å². The zero-order valence-electron chi connectivity index (χ0n) is 11.4. The summed E-state index contributed by atoms with van der Waals surface area (Å²) in [7, 11) is 0. The molecule has 1 amide bonds. The van der Waals surface area contributed by atoms with E-state index in [1.165, 1.54) is 12.8 Å². The fourth-order valence-electron chi connectivity index (χ4n) is 2.82. The molecule has 0 aromatic carbocycles. The van der Waals surface area contributed by atoms with Gasteiger partial charge in [-0.1, -0.05) is 49.5 Å². The van der Waals surface area contributed by atoms with Gasteiger partial charge in [-0.3, -0.25) is 4.79 Å². The predicted molar refractivity (Wildman–Crippen MR) is 76.4 cm³/mol. The maximum atomic E-state index is 12.6. The van der Waals surface area contributed by atoms with Crippen LogP contribution in [0.1, 0.15) is 65.7 Å². The van der Waals surface area contributed by atoms with Crippen molar-refractivity contribution in [2.24, 2.45) is 5.41 Å². The second-order valence-corrected chi connectivity index (χ2v) is 5.98. The predicted octanol–water partition coefficient (Wildman–Crippen LogP) is 4.03. The number of hydrogen-bond acceptors (Lipinski definition) is 1. The first kappa shape index (κ1) is 15.0. The van der Waals surface area contributed by atoms with Gasteiger partial charge in [-0.25, -0.2) is 0 Å². The molecule has 3 heteroatoms. The topological polar surface area (TPSA) is 29.1 Å². The van der Waals surface area contributed by atoms with Gasteiger partial charge in [0.2, 0.25) is 5.91 Å². The molecule has 17 heavy (non-hydrogen) atoms. The lowest BCUT2D eigenvalue weighted by molar-refractivity contribution is -0.133. The molecule has 1 rings (SSSR count). The van der Waals surface area contributed by atoms with E-state index in [1.54, 1.807) is 0 Å². The van der Waals surface area contributed by atoms with Crippen LogP contribution in [0.2, 0.25) is 0 Å². The van der Waals surface area contributed by atoms with Crippen LogP contribution in [0.4, 0.5) is 0 Å². The summed E-state index contributed by atoms with van der Waals surface area (Å²) in [5.41, 5.74) is -0.125. The zero-order chi connectivity index (χ0) is 12.9. The standard InChI is InChI=1S/C14H26BrNO/c1-4-13(9-7-8-10-13)12(17)16-14(5-2,6-3)11-15/h4-11H2,1-3H3,(H,16,17). The van der Waals surface area contributed by atoms with E-state index in [0.29, 0.717) is 5.91 Å². The average molecular weight is 304 g/mol. The maximum absolute atomic E-state index is 12.6. The first-order valence-electron chi connectivity index (χ1n) is 6.96. The zero-order valence-corrected chi connectivity index (χ0v) is 13.0. The third-order valence-electron chi connectivity index (χ3n) is 4.71. The van der Waals surface area contributed by atoms with Crippen LogP contribution >= 0.6 is 15.9 Å². The van der Waals surface area contributed by atoms with E-state index in [-0.39, 0.29) is 11.0 Å². The minimum Gasteiger partial charge on any atom is -0.349 e. The van der Waals surface area contributed by atoms with Crippen molar-refractivity contribution in [3.8, 4) is 0 Å². The van der Waals surface area contributed by atoms with Gasteiger partial charge in [0.1, 0.15) is 0 Å². The summed E-state index contributed by atoms with van der Waals surface area (Å²) in [6.45, 7) is 6.45. The van der Waals surface area contributed by atoms with Gasteiger partial charge in [0.05, 0.1) is 0 Å². The molecule has 2 nitrogen and oxygen atoms in total. The van der Waals surface area contributed by atoms with E-state index in [1.807, 2.05) is 0 Å². The molecule has 0 aromatic rings. The summed E-state index contributed by atoms with van der Waals surface area (Å²) in [6, 6.07) is 0. The first-order chi connectivity index (χ1) is 8.08. The summed E-state index contributed by atoms with van der Waals surface area (Å²) >= 11 is 3.56. The van der Waals surface area contributed by atoms with Crippen LogP contribution in [0.25, 0.3) is 0 Å². The van der Waals surface area contributed by atoms with Crippen molar-refractivity contribution in [3.63, 3.8) is 0 Å². The van der Waals surface area contributed by atoms with E-state index >= 15 is 0 Å². The fraction of sp³-hybridized carbons (Fsp3) is 0.929. The molecular weight excluding hydrogens is 278 g/mol. The number of halogens is 1. The highest BCUT2D eigenvalue weighted by atomic mass is 79.9. The molecule has 0 unspecified atom stereocenters. The number of carbonyl (C=O) groups is 1. The minimum atomic E-state index is -0.0717. The largest absolute Gasteiger partial charge is 0.349 e. The number of amides is 1. The molecular formula is C14H26BrNO. The number of hydrogen-bond donors (Lipinski definition) is 1. The van der Waals surface area contributed by atoms with Crippen molar-refractivity contribution in [1.82, 2.24) is 5.32 Å². The Morgan fingerprint density at radius 3 is 2.12 bits per heavy atom. The third kappa shape index (κ3) is 3.04. The lowest BCUT2D eigenvalue weighted by Crippen LogP contribution is -2.53. The van der Waals surface area contributed by atoms with Gasteiger partial charge in [0, 0.05) is 16.3 Å². The van der Waals surface area contributed by atoms with Crippen molar-refractivity contribution in [3.05, 3.63) is 0 Å². The Labute approximate surface area is 114 Å². The quantitative estimate of drug-likeness (QED) is 0.738. The highest BCUT2D eigenvalue weighted by molar-refractivity contribution is 9.09. The van der Waals surface area contributed by atoms with Crippen molar-refractivity contribution in [2.45, 2.75) is 71.3 Å². The van der Waals surface area contributed by atoms with Crippen molar-refractivity contribution in [1.29, 1.82) is 0 Å². The molecule has 0 aromatic heterocycles. The lowest BCUT2D eigenvalue weighted by Gasteiger charge is -2.36. The Hall–Kier alpha value is -0.0500. The van der Waals surface area contributed by atoms with Crippen LogP contribution in [0, 0.1) is 5.41 Å². The van der Waals surface area contributed by atoms with Crippen LogP contribution in [0.5, 0.6) is 0 Å². The van der Waals surface area contributed by atoms with Gasteiger partial charge in [-0.05, 0) is 32.1 Å². The Morgan fingerprint density at radius 1 is 1.24 bits per heavy atom. The van der Waals surface area contributed by atoms with E-state index in [4.69, 9.17) is 0 Å². The van der Waals surface area contributed by atoms with E-state index < -0.39 is 0 Å². The summed E-state index contributed by atoms with van der Waals surface area (Å²) in [5.74, 6) is 0.292. The fourth-order valence-corrected chi connectivity index (χ4v) is 3.75. The van der Waals surface area contributed by atoms with Crippen molar-refractivity contribution >= 4 is 21.8 Å². The summed E-state index contributed by atoms with van der Waals surface area (Å²) in [4.78, 5) is 12.6. The van der Waals surface area contributed by atoms with E-state index in [0.717, 1.165) is 37.4 Å². The molecule has 0 aliphatic heterocycles. The molecule has 0 heterocycles. The number of carbonyl (C=O) groups excluding carboxylic acids is 1. The van der Waals surface area contributed by atoms with E-state index in [9.17, 15) is 4.79 Å². The number of alkyl halides is 1. The normalized spacial score (nSPS) is 19.3. The highest BCUT2D eigenvalue weighted by Gasteiger charge is 2.41. The van der Waals surface area contributed by atoms with Crippen molar-refractivity contribution < 1.29 is 4.79 Å². The van der Waals surface area contributed by atoms with E-state index in [2.05, 4.69) is 42.0 Å². The van der Waals surface area contributed by atoms with Gasteiger partial charge < -0.3 is 5.32 Å². The van der Waals surface area contributed by atoms with Gasteiger partial charge in [-0.2, -0.15) is 0 Å². The van der Waals surface area contributed by atoms with Crippen LogP contribution in [-0.2, 0) is 4.79 Å². The second kappa shape index (κ2) is 6.21. The van der Waals surface area contributed by atoms with Gasteiger partial charge in [0.25, 0.3) is 0 Å². The molecule has 1 fully saturated rings. The molecule has 0 radical (unpaired) electrons. The maximum Gasteiger partial charge on any atom is 0.226 e.